The van der Waals surface area contributed by atoms with E-state index in [4.69, 9.17) is 0 Å². The highest BCUT2D eigenvalue weighted by Gasteiger charge is 2.23. The van der Waals surface area contributed by atoms with Gasteiger partial charge in [0.05, 0.1) is 22.9 Å². The molecule has 7 nitrogen and oxygen atoms in total. The zero-order valence-corrected chi connectivity index (χ0v) is 11.4. The second-order valence-corrected chi connectivity index (χ2v) is 4.70. The summed E-state index contributed by atoms with van der Waals surface area (Å²) in [6.07, 6.45) is 1.36. The van der Waals surface area contributed by atoms with Crippen LogP contribution in [0.4, 0.5) is 14.5 Å². The van der Waals surface area contributed by atoms with Crippen molar-refractivity contribution < 1.29 is 13.7 Å². The van der Waals surface area contributed by atoms with Crippen molar-refractivity contribution in [3.05, 3.63) is 45.8 Å². The fourth-order valence-corrected chi connectivity index (χ4v) is 1.72. The number of hydrogen-bond acceptors (Lipinski definition) is 5. The Morgan fingerprint density at radius 1 is 1.43 bits per heavy atom. The van der Waals surface area contributed by atoms with E-state index in [9.17, 15) is 18.9 Å². The minimum atomic E-state index is -1.07. The second-order valence-electron chi connectivity index (χ2n) is 4.70. The summed E-state index contributed by atoms with van der Waals surface area (Å²) >= 11 is 0. The van der Waals surface area contributed by atoms with Crippen molar-refractivity contribution in [2.24, 2.45) is 0 Å². The van der Waals surface area contributed by atoms with Crippen LogP contribution in [0, 0.1) is 21.7 Å². The summed E-state index contributed by atoms with van der Waals surface area (Å²) in [6.45, 7) is 4.26. The first kappa shape index (κ1) is 15.0. The first-order valence-corrected chi connectivity index (χ1v) is 6.17. The van der Waals surface area contributed by atoms with Crippen molar-refractivity contribution in [1.82, 2.24) is 20.3 Å². The molecule has 0 aliphatic heterocycles. The first-order chi connectivity index (χ1) is 9.88. The Morgan fingerprint density at radius 2 is 2.14 bits per heavy atom. The summed E-state index contributed by atoms with van der Waals surface area (Å²) in [5.41, 5.74) is -0.660. The van der Waals surface area contributed by atoms with Gasteiger partial charge in [0.25, 0.3) is 0 Å². The molecule has 1 heterocycles. The van der Waals surface area contributed by atoms with Crippen LogP contribution in [0.25, 0.3) is 5.69 Å². The SMILES string of the molecule is CC(C)NCc1cn(-c2c(F)cc(F)cc2[N+](=O)[O-])nn1. The number of nitro groups is 1. The Labute approximate surface area is 118 Å². The third-order valence-corrected chi connectivity index (χ3v) is 2.67. The standard InChI is InChI=1S/C12H13F2N5O2/c1-7(2)15-5-9-6-18(17-16-9)12-10(14)3-8(13)4-11(12)19(20)21/h3-4,6-7,15H,5H2,1-2H3. The van der Waals surface area contributed by atoms with Crippen LogP contribution in [0.3, 0.4) is 0 Å². The molecule has 0 saturated heterocycles. The van der Waals surface area contributed by atoms with Crippen molar-refractivity contribution in [2.45, 2.75) is 26.4 Å². The second kappa shape index (κ2) is 5.92. The van der Waals surface area contributed by atoms with Crippen LogP contribution in [-0.2, 0) is 6.54 Å². The summed E-state index contributed by atoms with van der Waals surface area (Å²) < 4.78 is 27.9. The lowest BCUT2D eigenvalue weighted by atomic mass is 10.2. The van der Waals surface area contributed by atoms with Crippen molar-refractivity contribution >= 4 is 5.69 Å². The molecule has 2 aromatic rings. The molecule has 0 radical (unpaired) electrons. The fraction of sp³-hybridized carbons (Fsp3) is 0.333. The van der Waals surface area contributed by atoms with Crippen molar-refractivity contribution in [3.63, 3.8) is 0 Å². The molecule has 112 valence electrons. The maximum Gasteiger partial charge on any atom is 0.300 e. The number of halogens is 2. The van der Waals surface area contributed by atoms with Crippen LogP contribution in [0.5, 0.6) is 0 Å². The topological polar surface area (TPSA) is 85.9 Å². The Bertz CT molecular complexity index is 672. The van der Waals surface area contributed by atoms with E-state index < -0.39 is 27.9 Å². The molecule has 9 heteroatoms. The fourth-order valence-electron chi connectivity index (χ4n) is 1.72. The lowest BCUT2D eigenvalue weighted by Gasteiger charge is -2.05. The normalized spacial score (nSPS) is 11.1. The summed E-state index contributed by atoms with van der Waals surface area (Å²) in [6, 6.07) is 1.43. The Balaban J connectivity index is 2.40. The van der Waals surface area contributed by atoms with Gasteiger partial charge in [0.2, 0.25) is 0 Å². The maximum atomic E-state index is 13.8. The average Bonchev–Trinajstić information content (AvgIpc) is 2.83. The van der Waals surface area contributed by atoms with Gasteiger partial charge in [-0.2, -0.15) is 0 Å². The Hall–Kier alpha value is -2.42. The highest BCUT2D eigenvalue weighted by Crippen LogP contribution is 2.26. The third kappa shape index (κ3) is 3.37. The van der Waals surface area contributed by atoms with Crippen molar-refractivity contribution in [3.8, 4) is 5.69 Å². The van der Waals surface area contributed by atoms with Gasteiger partial charge in [0.15, 0.2) is 11.5 Å². The molecule has 0 spiro atoms. The number of rotatable bonds is 5. The van der Waals surface area contributed by atoms with Gasteiger partial charge in [-0.05, 0) is 0 Å². The molecule has 0 saturated carbocycles. The largest absolute Gasteiger partial charge is 0.309 e. The highest BCUT2D eigenvalue weighted by molar-refractivity contribution is 5.53. The molecule has 1 aromatic heterocycles. The average molecular weight is 297 g/mol. The lowest BCUT2D eigenvalue weighted by Crippen LogP contribution is -2.21. The van der Waals surface area contributed by atoms with E-state index in [0.29, 0.717) is 24.4 Å². The van der Waals surface area contributed by atoms with Crippen LogP contribution in [0.15, 0.2) is 18.3 Å². The molecular formula is C12H13F2N5O2. The predicted molar refractivity (Wildman–Crippen MR) is 69.9 cm³/mol. The van der Waals surface area contributed by atoms with E-state index in [1.165, 1.54) is 6.20 Å². The van der Waals surface area contributed by atoms with Gasteiger partial charge in [-0.25, -0.2) is 13.5 Å². The quantitative estimate of drug-likeness (QED) is 0.673. The van der Waals surface area contributed by atoms with Crippen molar-refractivity contribution in [1.29, 1.82) is 0 Å². The Kier molecular flexibility index (Phi) is 4.22. The number of nitrogens with one attached hydrogen (secondary N) is 1. The van der Waals surface area contributed by atoms with Gasteiger partial charge >= 0.3 is 5.69 Å². The monoisotopic (exact) mass is 297 g/mol. The molecule has 1 N–H and O–H groups in total. The van der Waals surface area contributed by atoms with E-state index in [1.807, 2.05) is 13.8 Å². The molecule has 0 atom stereocenters. The van der Waals surface area contributed by atoms with E-state index >= 15 is 0 Å². The van der Waals surface area contributed by atoms with Crippen LogP contribution in [0.2, 0.25) is 0 Å². The first-order valence-electron chi connectivity index (χ1n) is 6.17. The molecule has 0 unspecified atom stereocenters. The minimum Gasteiger partial charge on any atom is -0.309 e. The molecule has 0 aliphatic carbocycles. The summed E-state index contributed by atoms with van der Waals surface area (Å²) in [4.78, 5) is 10.1. The van der Waals surface area contributed by atoms with E-state index in [2.05, 4.69) is 15.6 Å². The van der Waals surface area contributed by atoms with Crippen LogP contribution in [-0.4, -0.2) is 26.0 Å². The summed E-state index contributed by atoms with van der Waals surface area (Å²) in [5, 5.41) is 21.5. The number of nitrogens with zero attached hydrogens (tertiary/aromatic N) is 4. The predicted octanol–water partition coefficient (Wildman–Crippen LogP) is 1.95. The van der Waals surface area contributed by atoms with Crippen LogP contribution >= 0.6 is 0 Å². The molecular weight excluding hydrogens is 284 g/mol. The van der Waals surface area contributed by atoms with Crippen molar-refractivity contribution in [2.75, 3.05) is 0 Å². The van der Waals surface area contributed by atoms with Gasteiger partial charge < -0.3 is 5.32 Å². The zero-order valence-electron chi connectivity index (χ0n) is 11.4. The number of nitro benzene ring substituents is 1. The van der Waals surface area contributed by atoms with E-state index in [-0.39, 0.29) is 6.04 Å². The molecule has 0 fully saturated rings. The highest BCUT2D eigenvalue weighted by atomic mass is 19.1. The number of hydrogen-bond donors (Lipinski definition) is 1. The van der Waals surface area contributed by atoms with E-state index in [1.54, 1.807) is 0 Å². The zero-order chi connectivity index (χ0) is 15.6. The van der Waals surface area contributed by atoms with Gasteiger partial charge in [0.1, 0.15) is 5.82 Å². The summed E-state index contributed by atoms with van der Waals surface area (Å²) in [5.74, 6) is -2.10. The Morgan fingerprint density at radius 3 is 2.76 bits per heavy atom. The van der Waals surface area contributed by atoms with Gasteiger partial charge in [-0.1, -0.05) is 19.1 Å². The molecule has 1 aromatic carbocycles. The molecule has 2 rings (SSSR count). The minimum absolute atomic E-state index is 0.215. The van der Waals surface area contributed by atoms with Gasteiger partial charge in [0, 0.05) is 18.7 Å². The van der Waals surface area contributed by atoms with Gasteiger partial charge in [-0.15, -0.1) is 5.10 Å². The lowest BCUT2D eigenvalue weighted by molar-refractivity contribution is -0.385. The smallest absolute Gasteiger partial charge is 0.300 e. The van der Waals surface area contributed by atoms with Crippen LogP contribution < -0.4 is 5.32 Å². The van der Waals surface area contributed by atoms with E-state index in [0.717, 1.165) is 4.68 Å². The van der Waals surface area contributed by atoms with Crippen LogP contribution in [0.1, 0.15) is 19.5 Å². The number of benzene rings is 1. The molecule has 0 aliphatic rings. The van der Waals surface area contributed by atoms with Gasteiger partial charge in [-0.3, -0.25) is 10.1 Å². The third-order valence-electron chi connectivity index (χ3n) is 2.67. The molecule has 0 bridgehead atoms. The number of aromatic nitrogens is 3. The maximum absolute atomic E-state index is 13.8. The summed E-state index contributed by atoms with van der Waals surface area (Å²) in [7, 11) is 0. The molecule has 0 amide bonds. The molecule has 21 heavy (non-hydrogen) atoms.